The van der Waals surface area contributed by atoms with Gasteiger partial charge in [0.05, 0.1) is 6.61 Å². The van der Waals surface area contributed by atoms with Gasteiger partial charge in [0.25, 0.3) is 0 Å². The fourth-order valence-electron chi connectivity index (χ4n) is 1.86. The number of benzene rings is 1. The molecule has 2 N–H and O–H groups in total. The average Bonchev–Trinajstić information content (AvgIpc) is 2.33. The molecule has 0 radical (unpaired) electrons. The Kier molecular flexibility index (Phi) is 6.73. The maximum Gasteiger partial charge on any atom is 0.131 e. The summed E-state index contributed by atoms with van der Waals surface area (Å²) in [6.07, 6.45) is 5.96. The van der Waals surface area contributed by atoms with Crippen LogP contribution in [-0.4, -0.2) is 6.61 Å². The summed E-state index contributed by atoms with van der Waals surface area (Å²) in [4.78, 5) is 0. The fraction of sp³-hybridized carbons (Fsp3) is 0.600. The second-order valence-electron chi connectivity index (χ2n) is 4.73. The second kappa shape index (κ2) is 8.09. The van der Waals surface area contributed by atoms with Gasteiger partial charge in [-0.1, -0.05) is 38.7 Å². The largest absolute Gasteiger partial charge is 0.493 e. The molecular weight excluding hydrogens is 229 g/mol. The van der Waals surface area contributed by atoms with Crippen LogP contribution in [0.15, 0.2) is 18.2 Å². The van der Waals surface area contributed by atoms with Gasteiger partial charge in [-0.15, -0.1) is 0 Å². The van der Waals surface area contributed by atoms with Gasteiger partial charge in [-0.3, -0.25) is 0 Å². The Bertz CT molecular complexity index is 352. The van der Waals surface area contributed by atoms with Crippen LogP contribution in [0, 0.1) is 5.82 Å². The summed E-state index contributed by atoms with van der Waals surface area (Å²) in [5, 5.41) is 0. The molecule has 0 aliphatic heterocycles. The van der Waals surface area contributed by atoms with E-state index in [-0.39, 0.29) is 11.9 Å². The standard InChI is InChI=1S/C15H24FNO/c1-3-4-5-6-7-10-18-13-8-9-14(12(2)17)15(16)11-13/h8-9,11-12H,3-7,10,17H2,1-2H3/t12-/m1/s1. The van der Waals surface area contributed by atoms with Crippen LogP contribution < -0.4 is 10.5 Å². The van der Waals surface area contributed by atoms with Gasteiger partial charge in [0, 0.05) is 17.7 Å². The van der Waals surface area contributed by atoms with E-state index in [4.69, 9.17) is 10.5 Å². The smallest absolute Gasteiger partial charge is 0.131 e. The minimum atomic E-state index is -0.284. The summed E-state index contributed by atoms with van der Waals surface area (Å²) in [5.41, 5.74) is 6.18. The van der Waals surface area contributed by atoms with E-state index in [0.717, 1.165) is 6.42 Å². The molecule has 0 saturated heterocycles. The lowest BCUT2D eigenvalue weighted by Crippen LogP contribution is -2.07. The van der Waals surface area contributed by atoms with Crippen molar-refractivity contribution < 1.29 is 9.13 Å². The van der Waals surface area contributed by atoms with Crippen LogP contribution in [0.3, 0.4) is 0 Å². The molecule has 0 unspecified atom stereocenters. The van der Waals surface area contributed by atoms with E-state index in [9.17, 15) is 4.39 Å². The van der Waals surface area contributed by atoms with Crippen LogP contribution in [0.5, 0.6) is 5.75 Å². The number of halogens is 1. The quantitative estimate of drug-likeness (QED) is 0.705. The molecule has 0 aliphatic rings. The van der Waals surface area contributed by atoms with Crippen molar-refractivity contribution in [3.05, 3.63) is 29.6 Å². The third-order valence-electron chi connectivity index (χ3n) is 2.98. The first-order valence-electron chi connectivity index (χ1n) is 6.83. The van der Waals surface area contributed by atoms with Crippen LogP contribution in [0.2, 0.25) is 0 Å². The Morgan fingerprint density at radius 2 is 1.94 bits per heavy atom. The lowest BCUT2D eigenvalue weighted by molar-refractivity contribution is 0.303. The van der Waals surface area contributed by atoms with Crippen LogP contribution in [-0.2, 0) is 0 Å². The second-order valence-corrected chi connectivity index (χ2v) is 4.73. The average molecular weight is 253 g/mol. The number of rotatable bonds is 8. The molecule has 1 aromatic carbocycles. The molecule has 0 fully saturated rings. The summed E-state index contributed by atoms with van der Waals surface area (Å²) >= 11 is 0. The van der Waals surface area contributed by atoms with E-state index in [1.54, 1.807) is 19.1 Å². The first-order valence-corrected chi connectivity index (χ1v) is 6.83. The molecule has 3 heteroatoms. The van der Waals surface area contributed by atoms with E-state index in [1.807, 2.05) is 0 Å². The van der Waals surface area contributed by atoms with Crippen molar-refractivity contribution in [3.63, 3.8) is 0 Å². The predicted octanol–water partition coefficient (Wildman–Crippen LogP) is 4.19. The van der Waals surface area contributed by atoms with Gasteiger partial charge in [0.15, 0.2) is 0 Å². The summed E-state index contributed by atoms with van der Waals surface area (Å²) in [5.74, 6) is 0.306. The molecule has 0 bridgehead atoms. The first kappa shape index (κ1) is 15.0. The van der Waals surface area contributed by atoms with Crippen molar-refractivity contribution in [1.29, 1.82) is 0 Å². The highest BCUT2D eigenvalue weighted by atomic mass is 19.1. The van der Waals surface area contributed by atoms with Gasteiger partial charge in [-0.25, -0.2) is 4.39 Å². The Morgan fingerprint density at radius 3 is 2.56 bits per heavy atom. The summed E-state index contributed by atoms with van der Waals surface area (Å²) in [6.45, 7) is 4.62. The maximum atomic E-state index is 13.6. The molecule has 0 heterocycles. The minimum Gasteiger partial charge on any atom is -0.493 e. The van der Waals surface area contributed by atoms with Gasteiger partial charge < -0.3 is 10.5 Å². The van der Waals surface area contributed by atoms with E-state index >= 15 is 0 Å². The van der Waals surface area contributed by atoms with Gasteiger partial charge in [-0.2, -0.15) is 0 Å². The Balaban J connectivity index is 2.33. The van der Waals surface area contributed by atoms with Crippen LogP contribution in [0.1, 0.15) is 57.6 Å². The number of ether oxygens (including phenoxy) is 1. The van der Waals surface area contributed by atoms with Gasteiger partial charge >= 0.3 is 0 Å². The molecule has 18 heavy (non-hydrogen) atoms. The molecule has 1 rings (SSSR count). The monoisotopic (exact) mass is 253 g/mol. The van der Waals surface area contributed by atoms with Crippen molar-refractivity contribution in [2.24, 2.45) is 5.73 Å². The van der Waals surface area contributed by atoms with Crippen molar-refractivity contribution in [3.8, 4) is 5.75 Å². The van der Waals surface area contributed by atoms with Gasteiger partial charge in [0.1, 0.15) is 11.6 Å². The van der Waals surface area contributed by atoms with Crippen LogP contribution >= 0.6 is 0 Å². The third-order valence-corrected chi connectivity index (χ3v) is 2.98. The zero-order chi connectivity index (χ0) is 13.4. The number of nitrogens with two attached hydrogens (primary N) is 1. The molecule has 102 valence electrons. The Hall–Kier alpha value is -1.09. The summed E-state index contributed by atoms with van der Waals surface area (Å²) in [6, 6.07) is 4.62. The van der Waals surface area contributed by atoms with Crippen molar-refractivity contribution in [2.45, 2.75) is 52.0 Å². The number of hydrogen-bond acceptors (Lipinski definition) is 2. The fourth-order valence-corrected chi connectivity index (χ4v) is 1.86. The zero-order valence-electron chi connectivity index (χ0n) is 11.4. The molecule has 0 amide bonds. The van der Waals surface area contributed by atoms with Crippen molar-refractivity contribution in [2.75, 3.05) is 6.61 Å². The Morgan fingerprint density at radius 1 is 1.22 bits per heavy atom. The van der Waals surface area contributed by atoms with Crippen LogP contribution in [0.4, 0.5) is 4.39 Å². The number of hydrogen-bond donors (Lipinski definition) is 1. The molecular formula is C15H24FNO. The van der Waals surface area contributed by atoms with Gasteiger partial charge in [0.2, 0.25) is 0 Å². The maximum absolute atomic E-state index is 13.6. The predicted molar refractivity (Wildman–Crippen MR) is 73.3 cm³/mol. The molecule has 1 aromatic rings. The Labute approximate surface area is 109 Å². The molecule has 0 saturated carbocycles. The lowest BCUT2D eigenvalue weighted by Gasteiger charge is -2.10. The van der Waals surface area contributed by atoms with Crippen molar-refractivity contribution >= 4 is 0 Å². The highest BCUT2D eigenvalue weighted by Crippen LogP contribution is 2.20. The minimum absolute atomic E-state index is 0.284. The number of unbranched alkanes of at least 4 members (excludes halogenated alkanes) is 4. The molecule has 0 aliphatic carbocycles. The highest BCUT2D eigenvalue weighted by Gasteiger charge is 2.07. The van der Waals surface area contributed by atoms with E-state index in [1.165, 1.54) is 31.7 Å². The van der Waals surface area contributed by atoms with E-state index < -0.39 is 0 Å². The van der Waals surface area contributed by atoms with E-state index in [2.05, 4.69) is 6.92 Å². The molecule has 1 atom stereocenters. The summed E-state index contributed by atoms with van der Waals surface area (Å²) < 4.78 is 19.1. The molecule has 2 nitrogen and oxygen atoms in total. The first-order chi connectivity index (χ1) is 8.65. The molecule has 0 spiro atoms. The molecule has 0 aromatic heterocycles. The van der Waals surface area contributed by atoms with Crippen molar-refractivity contribution in [1.82, 2.24) is 0 Å². The van der Waals surface area contributed by atoms with Gasteiger partial charge in [-0.05, 0) is 19.4 Å². The normalized spacial score (nSPS) is 12.4. The third kappa shape index (κ3) is 5.05. The highest BCUT2D eigenvalue weighted by molar-refractivity contribution is 5.30. The van der Waals surface area contributed by atoms with E-state index in [0.29, 0.717) is 17.9 Å². The zero-order valence-corrected chi connectivity index (χ0v) is 11.4. The SMILES string of the molecule is CCCCCCCOc1ccc([C@@H](C)N)c(F)c1. The topological polar surface area (TPSA) is 35.2 Å². The van der Waals surface area contributed by atoms with Crippen LogP contribution in [0.25, 0.3) is 0 Å². The lowest BCUT2D eigenvalue weighted by atomic mass is 10.1. The summed E-state index contributed by atoms with van der Waals surface area (Å²) in [7, 11) is 0.